The summed E-state index contributed by atoms with van der Waals surface area (Å²) in [6.45, 7) is 1.89. The number of carbonyl (C=O) groups is 2. The van der Waals surface area contributed by atoms with Gasteiger partial charge in [-0.2, -0.15) is 0 Å². The number of anilines is 1. The molecule has 1 aliphatic carbocycles. The van der Waals surface area contributed by atoms with E-state index in [1.165, 1.54) is 7.11 Å². The van der Waals surface area contributed by atoms with E-state index in [9.17, 15) is 9.59 Å². The van der Waals surface area contributed by atoms with E-state index >= 15 is 0 Å². The standard InChI is InChI=1S/C24H26N2O3S/c1-14-21(24(28)29-4)23(20-6-5-11-30-20)22-18(25-14)12-16(13-19(22)27)15-7-9-17(10-8-15)26(2)3/h5-11,16,23,25H,12-13H2,1-4H3/t16-,23+/m1/s1. The lowest BCUT2D eigenvalue weighted by atomic mass is 9.73. The van der Waals surface area contributed by atoms with Gasteiger partial charge in [0.1, 0.15) is 0 Å². The Morgan fingerprint density at radius 1 is 1.17 bits per heavy atom. The Kier molecular flexibility index (Phi) is 5.52. The van der Waals surface area contributed by atoms with Crippen LogP contribution in [-0.2, 0) is 14.3 Å². The second-order valence-electron chi connectivity index (χ2n) is 8.01. The van der Waals surface area contributed by atoms with Gasteiger partial charge >= 0.3 is 5.97 Å². The average Bonchev–Trinajstić information content (AvgIpc) is 3.26. The third kappa shape index (κ3) is 3.56. The number of rotatable bonds is 4. The van der Waals surface area contributed by atoms with E-state index < -0.39 is 0 Å². The van der Waals surface area contributed by atoms with Crippen LogP contribution in [0.1, 0.15) is 42.0 Å². The quantitative estimate of drug-likeness (QED) is 0.743. The third-order valence-electron chi connectivity index (χ3n) is 5.94. The first-order valence-corrected chi connectivity index (χ1v) is 10.9. The van der Waals surface area contributed by atoms with Crippen molar-refractivity contribution in [1.29, 1.82) is 0 Å². The van der Waals surface area contributed by atoms with Gasteiger partial charge in [-0.15, -0.1) is 11.3 Å². The minimum Gasteiger partial charge on any atom is -0.466 e. The topological polar surface area (TPSA) is 58.6 Å². The van der Waals surface area contributed by atoms with Crippen LogP contribution in [0.15, 0.2) is 64.3 Å². The van der Waals surface area contributed by atoms with Crippen LogP contribution in [0.2, 0.25) is 0 Å². The van der Waals surface area contributed by atoms with E-state index in [1.807, 2.05) is 38.5 Å². The number of Topliss-reactive ketones (excluding diaryl/α,β-unsaturated/α-hetero) is 1. The Labute approximate surface area is 181 Å². The predicted molar refractivity (Wildman–Crippen MR) is 120 cm³/mol. The number of hydrogen-bond donors (Lipinski definition) is 1. The van der Waals surface area contributed by atoms with Crippen molar-refractivity contribution in [3.63, 3.8) is 0 Å². The first-order chi connectivity index (χ1) is 14.4. The van der Waals surface area contributed by atoms with Gasteiger partial charge in [0.05, 0.1) is 18.6 Å². The number of nitrogens with one attached hydrogen (secondary N) is 1. The monoisotopic (exact) mass is 422 g/mol. The molecule has 0 spiro atoms. The van der Waals surface area contributed by atoms with Crippen molar-refractivity contribution in [3.05, 3.63) is 74.8 Å². The molecule has 0 saturated heterocycles. The van der Waals surface area contributed by atoms with Gasteiger partial charge in [0, 0.05) is 48.0 Å². The van der Waals surface area contributed by atoms with Gasteiger partial charge in [-0.05, 0) is 48.4 Å². The highest BCUT2D eigenvalue weighted by Crippen LogP contribution is 2.46. The fraction of sp³-hybridized carbons (Fsp3) is 0.333. The summed E-state index contributed by atoms with van der Waals surface area (Å²) >= 11 is 1.56. The number of esters is 1. The lowest BCUT2D eigenvalue weighted by Crippen LogP contribution is -2.35. The molecule has 1 aromatic heterocycles. The van der Waals surface area contributed by atoms with Crippen molar-refractivity contribution in [2.75, 3.05) is 26.1 Å². The number of ketones is 1. The van der Waals surface area contributed by atoms with Crippen LogP contribution < -0.4 is 10.2 Å². The van der Waals surface area contributed by atoms with Crippen molar-refractivity contribution in [1.82, 2.24) is 5.32 Å². The molecular formula is C24H26N2O3S. The molecule has 4 rings (SSSR count). The molecule has 2 atom stereocenters. The molecular weight excluding hydrogens is 396 g/mol. The van der Waals surface area contributed by atoms with E-state index in [1.54, 1.807) is 11.3 Å². The Morgan fingerprint density at radius 2 is 1.90 bits per heavy atom. The molecule has 2 aliphatic rings. The highest BCUT2D eigenvalue weighted by molar-refractivity contribution is 7.10. The fourth-order valence-corrected chi connectivity index (χ4v) is 5.28. The second-order valence-corrected chi connectivity index (χ2v) is 8.99. The van der Waals surface area contributed by atoms with E-state index in [2.05, 4.69) is 34.5 Å². The second kappa shape index (κ2) is 8.11. The predicted octanol–water partition coefficient (Wildman–Crippen LogP) is 4.35. The van der Waals surface area contributed by atoms with E-state index in [0.29, 0.717) is 17.6 Å². The van der Waals surface area contributed by atoms with Crippen LogP contribution in [0.3, 0.4) is 0 Å². The zero-order valence-electron chi connectivity index (χ0n) is 17.7. The number of hydrogen-bond acceptors (Lipinski definition) is 6. The van der Waals surface area contributed by atoms with Gasteiger partial charge < -0.3 is 15.0 Å². The zero-order valence-corrected chi connectivity index (χ0v) is 18.5. The van der Waals surface area contributed by atoms with Crippen molar-refractivity contribution < 1.29 is 14.3 Å². The number of nitrogens with zero attached hydrogens (tertiary/aromatic N) is 1. The molecule has 156 valence electrons. The number of carbonyl (C=O) groups excluding carboxylic acids is 2. The molecule has 6 heteroatoms. The summed E-state index contributed by atoms with van der Waals surface area (Å²) in [7, 11) is 5.41. The van der Waals surface area contributed by atoms with Crippen LogP contribution in [-0.4, -0.2) is 33.0 Å². The lowest BCUT2D eigenvalue weighted by Gasteiger charge is -2.36. The van der Waals surface area contributed by atoms with Crippen LogP contribution in [0, 0.1) is 0 Å². The average molecular weight is 423 g/mol. The van der Waals surface area contributed by atoms with Gasteiger partial charge in [-0.25, -0.2) is 4.79 Å². The number of thiophene rings is 1. The lowest BCUT2D eigenvalue weighted by molar-refractivity contribution is -0.136. The molecule has 0 saturated carbocycles. The Hall–Kier alpha value is -2.86. The number of benzene rings is 1. The van der Waals surface area contributed by atoms with Crippen molar-refractivity contribution in [3.8, 4) is 0 Å². The Balaban J connectivity index is 1.72. The van der Waals surface area contributed by atoms with Crippen molar-refractivity contribution in [2.45, 2.75) is 31.6 Å². The highest BCUT2D eigenvalue weighted by atomic mass is 32.1. The molecule has 0 fully saturated rings. The van der Waals surface area contributed by atoms with Gasteiger partial charge in [0.25, 0.3) is 0 Å². The molecule has 0 radical (unpaired) electrons. The van der Waals surface area contributed by atoms with Crippen LogP contribution >= 0.6 is 11.3 Å². The molecule has 2 heterocycles. The van der Waals surface area contributed by atoms with Crippen LogP contribution in [0.5, 0.6) is 0 Å². The summed E-state index contributed by atoms with van der Waals surface area (Å²) in [5.74, 6) is -0.536. The third-order valence-corrected chi connectivity index (χ3v) is 6.88. The number of methoxy groups -OCH3 is 1. The Bertz CT molecular complexity index is 1030. The highest BCUT2D eigenvalue weighted by Gasteiger charge is 2.41. The summed E-state index contributed by atoms with van der Waals surface area (Å²) in [6, 6.07) is 12.3. The van der Waals surface area contributed by atoms with E-state index in [-0.39, 0.29) is 23.6 Å². The summed E-state index contributed by atoms with van der Waals surface area (Å²) in [5.41, 5.74) is 5.23. The smallest absolute Gasteiger partial charge is 0.336 e. The molecule has 0 unspecified atom stereocenters. The van der Waals surface area contributed by atoms with Crippen molar-refractivity contribution >= 4 is 28.8 Å². The summed E-state index contributed by atoms with van der Waals surface area (Å²) in [5, 5.41) is 5.35. The van der Waals surface area contributed by atoms with Gasteiger partial charge in [0.2, 0.25) is 0 Å². The van der Waals surface area contributed by atoms with E-state index in [0.717, 1.165) is 33.9 Å². The fourth-order valence-electron chi connectivity index (χ4n) is 4.44. The molecule has 5 nitrogen and oxygen atoms in total. The molecule has 1 N–H and O–H groups in total. The normalized spacial score (nSPS) is 21.3. The maximum atomic E-state index is 13.4. The molecule has 2 aromatic rings. The van der Waals surface area contributed by atoms with Crippen LogP contribution in [0.25, 0.3) is 0 Å². The maximum Gasteiger partial charge on any atom is 0.336 e. The molecule has 1 aromatic carbocycles. The number of dihydropyridines is 1. The molecule has 1 aliphatic heterocycles. The van der Waals surface area contributed by atoms with Gasteiger partial charge in [0.15, 0.2) is 5.78 Å². The first kappa shape index (κ1) is 20.4. The van der Waals surface area contributed by atoms with E-state index in [4.69, 9.17) is 4.74 Å². The zero-order chi connectivity index (χ0) is 21.4. The van der Waals surface area contributed by atoms with Crippen LogP contribution in [0.4, 0.5) is 5.69 Å². The Morgan fingerprint density at radius 3 is 2.50 bits per heavy atom. The summed E-state index contributed by atoms with van der Waals surface area (Å²) in [6.07, 6.45) is 1.19. The summed E-state index contributed by atoms with van der Waals surface area (Å²) in [4.78, 5) is 29.0. The number of allylic oxidation sites excluding steroid dienone is 3. The van der Waals surface area contributed by atoms with Crippen molar-refractivity contribution in [2.24, 2.45) is 0 Å². The maximum absolute atomic E-state index is 13.4. The molecule has 0 bridgehead atoms. The minimum absolute atomic E-state index is 0.0951. The van der Waals surface area contributed by atoms with Gasteiger partial charge in [-0.3, -0.25) is 4.79 Å². The van der Waals surface area contributed by atoms with Gasteiger partial charge in [-0.1, -0.05) is 18.2 Å². The first-order valence-electron chi connectivity index (χ1n) is 10.0. The number of ether oxygens (including phenoxy) is 1. The molecule has 0 amide bonds. The summed E-state index contributed by atoms with van der Waals surface area (Å²) < 4.78 is 5.05. The minimum atomic E-state index is -0.390. The SMILES string of the molecule is COC(=O)C1=C(C)NC2=C(C(=O)C[C@H](c3ccc(N(C)C)cc3)C2)[C@H]1c1cccs1. The largest absolute Gasteiger partial charge is 0.466 e. The molecule has 30 heavy (non-hydrogen) atoms.